The molecule has 1 aliphatic heterocycles. The summed E-state index contributed by atoms with van der Waals surface area (Å²) < 4.78 is 11.1. The number of amides is 1. The maximum Gasteiger partial charge on any atom is 0.413 e. The summed E-state index contributed by atoms with van der Waals surface area (Å²) in [6, 6.07) is 4.45. The predicted molar refractivity (Wildman–Crippen MR) is 131 cm³/mol. The van der Waals surface area contributed by atoms with Crippen molar-refractivity contribution in [3.8, 4) is 0 Å². The SMILES string of the molecule is CSC1(c2cc(N/C(=C/C(C)=N)NC(=O)OC(C)(C)C)nc(N3CCOCC3C)c2)CC1. The third-order valence-corrected chi connectivity index (χ3v) is 6.78. The van der Waals surface area contributed by atoms with Gasteiger partial charge in [-0.1, -0.05) is 0 Å². The zero-order valence-corrected chi connectivity index (χ0v) is 20.7. The largest absolute Gasteiger partial charge is 0.444 e. The number of hydrogen-bond donors (Lipinski definition) is 3. The lowest BCUT2D eigenvalue weighted by atomic mass is 10.1. The van der Waals surface area contributed by atoms with Gasteiger partial charge < -0.3 is 25.1 Å². The van der Waals surface area contributed by atoms with Crippen molar-refractivity contribution in [1.29, 1.82) is 5.41 Å². The van der Waals surface area contributed by atoms with E-state index in [1.54, 1.807) is 13.0 Å². The van der Waals surface area contributed by atoms with Gasteiger partial charge in [0, 0.05) is 17.0 Å². The van der Waals surface area contributed by atoms with E-state index in [9.17, 15) is 4.79 Å². The molecule has 1 aliphatic carbocycles. The standard InChI is InChI=1S/C23H35N5O3S/c1-15(24)11-18(27-21(29)31-22(3,4)5)25-19-12-17(23(32-6)7-8-23)13-20(26-19)28-9-10-30-14-16(28)2/h11-13,16,24H,7-10,14H2,1-6H3,(H,25,26)(H,27,29)/b18-11-,24-15?. The van der Waals surface area contributed by atoms with Crippen molar-refractivity contribution >= 4 is 35.2 Å². The molecule has 2 fully saturated rings. The normalized spacial score (nSPS) is 20.5. The minimum absolute atomic E-state index is 0.115. The van der Waals surface area contributed by atoms with Crippen LogP contribution in [-0.4, -0.2) is 54.4 Å². The molecule has 32 heavy (non-hydrogen) atoms. The maximum absolute atomic E-state index is 12.4. The Morgan fingerprint density at radius 3 is 2.69 bits per heavy atom. The molecule has 0 bridgehead atoms. The number of aromatic nitrogens is 1. The van der Waals surface area contributed by atoms with Gasteiger partial charge in [0.25, 0.3) is 0 Å². The summed E-state index contributed by atoms with van der Waals surface area (Å²) in [5, 5.41) is 13.8. The smallest absolute Gasteiger partial charge is 0.413 e. The highest BCUT2D eigenvalue weighted by atomic mass is 32.2. The highest BCUT2D eigenvalue weighted by molar-refractivity contribution is 7.99. The number of thioether (sulfide) groups is 1. The Morgan fingerprint density at radius 2 is 2.12 bits per heavy atom. The molecular formula is C23H35N5O3S. The quantitative estimate of drug-likeness (QED) is 0.515. The van der Waals surface area contributed by atoms with Gasteiger partial charge in [0.2, 0.25) is 0 Å². The Kier molecular flexibility index (Phi) is 7.39. The number of hydrogen-bond acceptors (Lipinski definition) is 8. The van der Waals surface area contributed by atoms with E-state index in [1.807, 2.05) is 38.6 Å². The first-order valence-electron chi connectivity index (χ1n) is 11.0. The van der Waals surface area contributed by atoms with E-state index < -0.39 is 11.7 Å². The van der Waals surface area contributed by atoms with Crippen molar-refractivity contribution < 1.29 is 14.3 Å². The maximum atomic E-state index is 12.4. The summed E-state index contributed by atoms with van der Waals surface area (Å²) in [6.07, 6.45) is 5.38. The highest BCUT2D eigenvalue weighted by Gasteiger charge is 2.44. The molecule has 0 radical (unpaired) electrons. The monoisotopic (exact) mass is 461 g/mol. The van der Waals surface area contributed by atoms with Crippen molar-refractivity contribution in [2.24, 2.45) is 0 Å². The first-order chi connectivity index (χ1) is 15.0. The number of allylic oxidation sites excluding steroid dienone is 1. The molecule has 2 aliphatic rings. The molecule has 176 valence electrons. The Hall–Kier alpha value is -2.26. The van der Waals surface area contributed by atoms with Crippen molar-refractivity contribution in [3.05, 3.63) is 29.6 Å². The second-order valence-corrected chi connectivity index (χ2v) is 10.6. The van der Waals surface area contributed by atoms with E-state index in [1.165, 1.54) is 5.56 Å². The van der Waals surface area contributed by atoms with Gasteiger partial charge in [0.05, 0.1) is 19.3 Å². The summed E-state index contributed by atoms with van der Waals surface area (Å²) in [6.45, 7) is 11.3. The molecule has 0 aromatic carbocycles. The summed E-state index contributed by atoms with van der Waals surface area (Å²) in [4.78, 5) is 19.5. The molecule has 1 aromatic rings. The van der Waals surface area contributed by atoms with E-state index in [0.717, 1.165) is 25.2 Å². The van der Waals surface area contributed by atoms with E-state index in [4.69, 9.17) is 19.9 Å². The summed E-state index contributed by atoms with van der Waals surface area (Å²) >= 11 is 1.87. The number of anilines is 2. The third-order valence-electron chi connectivity index (χ3n) is 5.35. The number of morpholine rings is 1. The molecule has 1 saturated heterocycles. The van der Waals surface area contributed by atoms with Gasteiger partial charge in [-0.2, -0.15) is 11.8 Å². The van der Waals surface area contributed by atoms with E-state index in [2.05, 4.69) is 34.8 Å². The van der Waals surface area contributed by atoms with Crippen LogP contribution in [0, 0.1) is 5.41 Å². The highest BCUT2D eigenvalue weighted by Crippen LogP contribution is 2.56. The zero-order valence-electron chi connectivity index (χ0n) is 19.9. The fourth-order valence-electron chi connectivity index (χ4n) is 3.65. The van der Waals surface area contributed by atoms with Crippen LogP contribution in [-0.2, 0) is 14.2 Å². The molecule has 1 amide bonds. The van der Waals surface area contributed by atoms with Crippen LogP contribution in [0.25, 0.3) is 0 Å². The van der Waals surface area contributed by atoms with Crippen LogP contribution in [0.3, 0.4) is 0 Å². The number of rotatable bonds is 7. The molecule has 0 spiro atoms. The lowest BCUT2D eigenvalue weighted by molar-refractivity contribution is 0.0547. The van der Waals surface area contributed by atoms with Gasteiger partial charge in [-0.05, 0) is 77.5 Å². The van der Waals surface area contributed by atoms with Gasteiger partial charge in [0.15, 0.2) is 0 Å². The number of nitrogens with zero attached hydrogens (tertiary/aromatic N) is 2. The molecule has 1 atom stereocenters. The lowest BCUT2D eigenvalue weighted by Gasteiger charge is -2.35. The van der Waals surface area contributed by atoms with Crippen LogP contribution in [0.15, 0.2) is 24.0 Å². The molecule has 9 heteroatoms. The fourth-order valence-corrected chi connectivity index (χ4v) is 4.52. The molecule has 1 unspecified atom stereocenters. The van der Waals surface area contributed by atoms with Gasteiger partial charge in [-0.25, -0.2) is 9.78 Å². The second-order valence-electron chi connectivity index (χ2n) is 9.41. The summed E-state index contributed by atoms with van der Waals surface area (Å²) in [7, 11) is 0. The minimum Gasteiger partial charge on any atom is -0.444 e. The Balaban J connectivity index is 1.91. The van der Waals surface area contributed by atoms with Crippen LogP contribution in [0.4, 0.5) is 16.4 Å². The molecule has 3 N–H and O–H groups in total. The average Bonchev–Trinajstić information content (AvgIpc) is 3.47. The number of carbonyl (C=O) groups is 1. The van der Waals surface area contributed by atoms with E-state index >= 15 is 0 Å². The van der Waals surface area contributed by atoms with Crippen molar-refractivity contribution in [1.82, 2.24) is 10.3 Å². The van der Waals surface area contributed by atoms with E-state index in [0.29, 0.717) is 30.6 Å². The van der Waals surface area contributed by atoms with Crippen LogP contribution < -0.4 is 15.5 Å². The third kappa shape index (κ3) is 6.38. The molecule has 3 rings (SSSR count). The lowest BCUT2D eigenvalue weighted by Crippen LogP contribution is -2.44. The van der Waals surface area contributed by atoms with Crippen LogP contribution >= 0.6 is 11.8 Å². The second kappa shape index (κ2) is 9.70. The minimum atomic E-state index is -0.622. The molecular weight excluding hydrogens is 426 g/mol. The van der Waals surface area contributed by atoms with Crippen LogP contribution in [0.1, 0.15) is 53.0 Å². The van der Waals surface area contributed by atoms with E-state index in [-0.39, 0.29) is 10.8 Å². The molecule has 8 nitrogen and oxygen atoms in total. The molecule has 2 heterocycles. The van der Waals surface area contributed by atoms with Crippen LogP contribution in [0.2, 0.25) is 0 Å². The summed E-state index contributed by atoms with van der Waals surface area (Å²) in [5.41, 5.74) is 0.896. The molecule has 1 saturated carbocycles. The van der Waals surface area contributed by atoms with Gasteiger partial charge in [-0.3, -0.25) is 5.32 Å². The summed E-state index contributed by atoms with van der Waals surface area (Å²) in [5.74, 6) is 1.87. The number of pyridine rings is 1. The van der Waals surface area contributed by atoms with Gasteiger partial charge in [0.1, 0.15) is 23.1 Å². The van der Waals surface area contributed by atoms with Gasteiger partial charge in [-0.15, -0.1) is 0 Å². The first-order valence-corrected chi connectivity index (χ1v) is 12.2. The number of ether oxygens (including phenoxy) is 2. The average molecular weight is 462 g/mol. The Labute approximate surface area is 195 Å². The first kappa shape index (κ1) is 24.4. The predicted octanol–water partition coefficient (Wildman–Crippen LogP) is 4.48. The fraction of sp³-hybridized carbons (Fsp3) is 0.609. The van der Waals surface area contributed by atoms with Crippen molar-refractivity contribution in [3.63, 3.8) is 0 Å². The number of nitrogens with one attached hydrogen (secondary N) is 3. The topological polar surface area (TPSA) is 99.6 Å². The Morgan fingerprint density at radius 1 is 1.41 bits per heavy atom. The zero-order chi connectivity index (χ0) is 23.5. The van der Waals surface area contributed by atoms with Gasteiger partial charge >= 0.3 is 6.09 Å². The number of carbonyl (C=O) groups excluding carboxylic acids is 1. The number of alkyl carbamates (subject to hydrolysis) is 1. The Bertz CT molecular complexity index is 892. The van der Waals surface area contributed by atoms with Crippen molar-refractivity contribution in [2.45, 2.75) is 63.9 Å². The van der Waals surface area contributed by atoms with Crippen molar-refractivity contribution in [2.75, 3.05) is 36.2 Å². The van der Waals surface area contributed by atoms with Crippen LogP contribution in [0.5, 0.6) is 0 Å². The molecule has 1 aromatic heterocycles.